The molecule has 0 fully saturated rings. The van der Waals surface area contributed by atoms with E-state index in [1.165, 1.54) is 6.07 Å². The first kappa shape index (κ1) is 13.6. The Hall–Kier alpha value is -1.86. The Morgan fingerprint density at radius 1 is 1.21 bits per heavy atom. The highest BCUT2D eigenvalue weighted by molar-refractivity contribution is 5.44. The molecule has 0 amide bonds. The maximum Gasteiger partial charge on any atom is 0.453 e. The van der Waals surface area contributed by atoms with E-state index < -0.39 is 12.0 Å². The van der Waals surface area contributed by atoms with E-state index in [4.69, 9.17) is 0 Å². The van der Waals surface area contributed by atoms with E-state index >= 15 is 0 Å². The van der Waals surface area contributed by atoms with Crippen LogP contribution in [-0.2, 0) is 6.18 Å². The number of rotatable bonds is 5. The maximum absolute atomic E-state index is 12.7. The van der Waals surface area contributed by atoms with Crippen LogP contribution in [0.3, 0.4) is 0 Å². The fourth-order valence-electron chi connectivity index (χ4n) is 1.65. The summed E-state index contributed by atoms with van der Waals surface area (Å²) in [6, 6.07) is 3.05. The molecule has 5 nitrogen and oxygen atoms in total. The van der Waals surface area contributed by atoms with Crippen molar-refractivity contribution in [2.24, 2.45) is 0 Å². The second-order valence-electron chi connectivity index (χ2n) is 4.14. The monoisotopic (exact) mass is 273 g/mol. The molecule has 0 radical (unpaired) electrons. The second kappa shape index (κ2) is 5.41. The van der Waals surface area contributed by atoms with Gasteiger partial charge in [-0.05, 0) is 18.6 Å². The average Bonchev–Trinajstić information content (AvgIpc) is 2.77. The van der Waals surface area contributed by atoms with Crippen molar-refractivity contribution >= 4 is 11.5 Å². The molecule has 2 heterocycles. The van der Waals surface area contributed by atoms with E-state index in [1.54, 1.807) is 6.07 Å². The predicted molar refractivity (Wildman–Crippen MR) is 63.8 cm³/mol. The van der Waals surface area contributed by atoms with Gasteiger partial charge in [0, 0.05) is 6.54 Å². The molecule has 2 aromatic heterocycles. The molecule has 19 heavy (non-hydrogen) atoms. The van der Waals surface area contributed by atoms with E-state index in [9.17, 15) is 13.2 Å². The number of fused-ring (bicyclic) bond motifs is 1. The van der Waals surface area contributed by atoms with E-state index in [2.05, 4.69) is 27.5 Å². The first-order valence-electron chi connectivity index (χ1n) is 6.06. The lowest BCUT2D eigenvalue weighted by Crippen LogP contribution is -2.13. The number of nitrogens with zero attached hydrogens (tertiary/aromatic N) is 4. The summed E-state index contributed by atoms with van der Waals surface area (Å²) in [6.07, 6.45) is -1.47. The maximum atomic E-state index is 12.7. The Kier molecular flexibility index (Phi) is 3.87. The summed E-state index contributed by atoms with van der Waals surface area (Å²) in [5.74, 6) is -0.728. The van der Waals surface area contributed by atoms with E-state index in [-0.39, 0.29) is 5.65 Å². The van der Waals surface area contributed by atoms with Crippen LogP contribution >= 0.6 is 0 Å². The largest absolute Gasteiger partial charge is 0.453 e. The van der Waals surface area contributed by atoms with Gasteiger partial charge in [0.2, 0.25) is 0 Å². The fourth-order valence-corrected chi connectivity index (χ4v) is 1.65. The normalized spacial score (nSPS) is 12.0. The number of hydrogen-bond acceptors (Lipinski definition) is 4. The second-order valence-corrected chi connectivity index (χ2v) is 4.14. The van der Waals surface area contributed by atoms with Crippen molar-refractivity contribution in [3.63, 3.8) is 0 Å². The Labute approximate surface area is 107 Å². The predicted octanol–water partition coefficient (Wildman–Crippen LogP) is 2.75. The topological polar surface area (TPSA) is 55.1 Å². The molecule has 0 spiro atoms. The van der Waals surface area contributed by atoms with Crippen LogP contribution in [0, 0.1) is 0 Å². The van der Waals surface area contributed by atoms with Crippen LogP contribution in [0.15, 0.2) is 12.1 Å². The molecule has 2 aromatic rings. The highest BCUT2D eigenvalue weighted by Gasteiger charge is 2.37. The summed E-state index contributed by atoms with van der Waals surface area (Å²) in [7, 11) is 0. The van der Waals surface area contributed by atoms with Gasteiger partial charge in [0.25, 0.3) is 5.82 Å². The number of unbranched alkanes of at least 4 members (excludes halogenated alkanes) is 2. The van der Waals surface area contributed by atoms with Crippen molar-refractivity contribution in [3.8, 4) is 0 Å². The van der Waals surface area contributed by atoms with Crippen molar-refractivity contribution in [1.29, 1.82) is 0 Å². The van der Waals surface area contributed by atoms with Crippen molar-refractivity contribution in [2.75, 3.05) is 11.9 Å². The highest BCUT2D eigenvalue weighted by atomic mass is 19.4. The number of aromatic nitrogens is 4. The number of alkyl halides is 3. The molecular formula is C11H14F3N5. The zero-order chi connectivity index (χ0) is 13.9. The minimum atomic E-state index is -4.56. The molecule has 0 bridgehead atoms. The van der Waals surface area contributed by atoms with Gasteiger partial charge >= 0.3 is 6.18 Å². The Morgan fingerprint density at radius 3 is 2.68 bits per heavy atom. The molecule has 2 rings (SSSR count). The summed E-state index contributed by atoms with van der Waals surface area (Å²) in [5.41, 5.74) is 0.0754. The summed E-state index contributed by atoms with van der Waals surface area (Å²) < 4.78 is 38.7. The highest BCUT2D eigenvalue weighted by Crippen LogP contribution is 2.27. The molecule has 0 unspecified atom stereocenters. The smallest absolute Gasteiger partial charge is 0.369 e. The van der Waals surface area contributed by atoms with Crippen molar-refractivity contribution in [2.45, 2.75) is 32.4 Å². The minimum absolute atomic E-state index is 0.0754. The van der Waals surface area contributed by atoms with Crippen LogP contribution in [-0.4, -0.2) is 26.4 Å². The molecule has 0 aromatic carbocycles. The van der Waals surface area contributed by atoms with Crippen LogP contribution < -0.4 is 5.32 Å². The lowest BCUT2D eigenvalue weighted by atomic mass is 10.2. The van der Waals surface area contributed by atoms with Crippen molar-refractivity contribution in [3.05, 3.63) is 18.0 Å². The van der Waals surface area contributed by atoms with Gasteiger partial charge in [-0.3, -0.25) is 0 Å². The van der Waals surface area contributed by atoms with Gasteiger partial charge in [0.1, 0.15) is 5.82 Å². The van der Waals surface area contributed by atoms with Crippen LogP contribution in [0.4, 0.5) is 19.0 Å². The third-order valence-corrected chi connectivity index (χ3v) is 2.60. The number of nitrogens with one attached hydrogen (secondary N) is 1. The number of anilines is 1. The lowest BCUT2D eigenvalue weighted by molar-refractivity contribution is -0.146. The number of halogens is 3. The third-order valence-electron chi connectivity index (χ3n) is 2.60. The Bertz CT molecular complexity index is 549. The summed E-state index contributed by atoms with van der Waals surface area (Å²) in [4.78, 5) is 0. The minimum Gasteiger partial charge on any atom is -0.369 e. The third kappa shape index (κ3) is 3.12. The quantitative estimate of drug-likeness (QED) is 0.851. The Morgan fingerprint density at radius 2 is 2.00 bits per heavy atom. The van der Waals surface area contributed by atoms with Gasteiger partial charge in [-0.15, -0.1) is 15.3 Å². The first-order valence-corrected chi connectivity index (χ1v) is 6.06. The van der Waals surface area contributed by atoms with Gasteiger partial charge in [-0.25, -0.2) is 0 Å². The molecule has 0 aliphatic heterocycles. The van der Waals surface area contributed by atoms with Crippen molar-refractivity contribution < 1.29 is 13.2 Å². The number of hydrogen-bond donors (Lipinski definition) is 1. The van der Waals surface area contributed by atoms with E-state index in [0.29, 0.717) is 16.9 Å². The summed E-state index contributed by atoms with van der Waals surface area (Å²) in [5, 5.41) is 13.4. The molecule has 104 valence electrons. The van der Waals surface area contributed by atoms with Crippen LogP contribution in [0.2, 0.25) is 0 Å². The van der Waals surface area contributed by atoms with Crippen LogP contribution in [0.1, 0.15) is 32.0 Å². The summed E-state index contributed by atoms with van der Waals surface area (Å²) >= 11 is 0. The van der Waals surface area contributed by atoms with Gasteiger partial charge in [0.05, 0.1) is 0 Å². The SMILES string of the molecule is CCCCCNc1ccc2nnc(C(F)(F)F)n2n1. The lowest BCUT2D eigenvalue weighted by Gasteiger charge is -2.06. The first-order chi connectivity index (χ1) is 9.02. The standard InChI is InChI=1S/C11H14F3N5/c1-2-3-4-7-15-8-5-6-9-16-17-10(11(12,13)14)19(9)18-8/h5-6H,2-4,7H2,1H3,(H,15,18). The van der Waals surface area contributed by atoms with Gasteiger partial charge in [-0.1, -0.05) is 19.8 Å². The van der Waals surface area contributed by atoms with E-state index in [1.807, 2.05) is 0 Å². The molecule has 1 N–H and O–H groups in total. The molecule has 0 saturated heterocycles. The van der Waals surface area contributed by atoms with Gasteiger partial charge in [0.15, 0.2) is 5.65 Å². The van der Waals surface area contributed by atoms with Gasteiger partial charge in [-0.2, -0.15) is 17.7 Å². The molecule has 0 saturated carbocycles. The van der Waals surface area contributed by atoms with Crippen molar-refractivity contribution in [1.82, 2.24) is 19.8 Å². The van der Waals surface area contributed by atoms with Crippen LogP contribution in [0.5, 0.6) is 0 Å². The molecule has 0 aliphatic carbocycles. The zero-order valence-electron chi connectivity index (χ0n) is 10.4. The van der Waals surface area contributed by atoms with E-state index in [0.717, 1.165) is 19.3 Å². The average molecular weight is 273 g/mol. The Balaban J connectivity index is 2.19. The molecule has 0 atom stereocenters. The molecular weight excluding hydrogens is 259 g/mol. The molecule has 8 heteroatoms. The summed E-state index contributed by atoms with van der Waals surface area (Å²) in [6.45, 7) is 2.76. The molecule has 0 aliphatic rings. The fraction of sp³-hybridized carbons (Fsp3) is 0.545. The van der Waals surface area contributed by atoms with Gasteiger partial charge < -0.3 is 5.32 Å². The van der Waals surface area contributed by atoms with Crippen LogP contribution in [0.25, 0.3) is 5.65 Å². The zero-order valence-corrected chi connectivity index (χ0v) is 10.4.